The van der Waals surface area contributed by atoms with Gasteiger partial charge in [-0.15, -0.1) is 0 Å². The Morgan fingerprint density at radius 3 is 2.62 bits per heavy atom. The fourth-order valence-corrected chi connectivity index (χ4v) is 4.60. The number of amides is 2. The summed E-state index contributed by atoms with van der Waals surface area (Å²) in [6.07, 6.45) is 6.70. The lowest BCUT2D eigenvalue weighted by atomic mass is 9.82. The first-order valence-corrected chi connectivity index (χ1v) is 9.36. The van der Waals surface area contributed by atoms with Gasteiger partial charge in [0.05, 0.1) is 6.26 Å². The Hall–Kier alpha value is -2.57. The molecule has 0 aliphatic heterocycles. The number of hydrogen-bond acceptors (Lipinski definition) is 4. The fourth-order valence-electron chi connectivity index (χ4n) is 4.60. The van der Waals surface area contributed by atoms with Crippen LogP contribution in [-0.4, -0.2) is 34.1 Å². The van der Waals surface area contributed by atoms with Crippen molar-refractivity contribution in [3.63, 3.8) is 0 Å². The zero-order valence-electron chi connectivity index (χ0n) is 14.4. The van der Waals surface area contributed by atoms with Crippen molar-refractivity contribution in [1.82, 2.24) is 20.8 Å². The summed E-state index contributed by atoms with van der Waals surface area (Å²) >= 11 is 0. The number of rotatable bonds is 5. The molecule has 4 aliphatic rings. The molecule has 0 aromatic carbocycles. The Kier molecular flexibility index (Phi) is 3.62. The molecule has 6 rings (SSSR count). The number of carbonyl (C=O) groups excluding carboxylic acids is 2. The van der Waals surface area contributed by atoms with Gasteiger partial charge in [0.1, 0.15) is 5.69 Å². The minimum absolute atomic E-state index is 0.0915. The van der Waals surface area contributed by atoms with Crippen LogP contribution in [0, 0.1) is 17.8 Å². The molecule has 2 amide bonds. The Morgan fingerprint density at radius 1 is 1.12 bits per heavy atom. The van der Waals surface area contributed by atoms with E-state index in [9.17, 15) is 9.59 Å². The zero-order valence-corrected chi connectivity index (χ0v) is 14.4. The van der Waals surface area contributed by atoms with Crippen LogP contribution in [0.25, 0.3) is 11.5 Å². The number of hydrogen-bond donors (Lipinski definition) is 3. The van der Waals surface area contributed by atoms with Crippen molar-refractivity contribution in [1.29, 1.82) is 0 Å². The second-order valence-electron chi connectivity index (χ2n) is 7.93. The molecule has 4 fully saturated rings. The summed E-state index contributed by atoms with van der Waals surface area (Å²) < 4.78 is 5.29. The molecule has 2 aromatic rings. The minimum atomic E-state index is -0.203. The van der Waals surface area contributed by atoms with Gasteiger partial charge >= 0.3 is 0 Å². The topological polar surface area (TPSA) is 100 Å². The highest BCUT2D eigenvalue weighted by atomic mass is 16.3. The smallest absolute Gasteiger partial charge is 0.272 e. The van der Waals surface area contributed by atoms with Gasteiger partial charge < -0.3 is 15.1 Å². The van der Waals surface area contributed by atoms with Crippen LogP contribution in [-0.2, 0) is 4.79 Å². The molecule has 0 radical (unpaired) electrons. The molecule has 26 heavy (non-hydrogen) atoms. The maximum absolute atomic E-state index is 12.3. The molecular formula is C19H22N4O3. The quantitative estimate of drug-likeness (QED) is 0.765. The predicted octanol–water partition coefficient (Wildman–Crippen LogP) is 2.09. The SMILES string of the molecule is O=C(NC1CC(NC(=O)C2CC3CC2C3)C1)c1cc(-c2ccco2)[nH]n1. The number of fused-ring (bicyclic) bond motifs is 1. The third-order valence-electron chi connectivity index (χ3n) is 6.18. The molecule has 0 saturated heterocycles. The average Bonchev–Trinajstić information content (AvgIpc) is 3.34. The third kappa shape index (κ3) is 2.71. The normalized spacial score (nSPS) is 31.8. The van der Waals surface area contributed by atoms with Gasteiger partial charge in [0, 0.05) is 24.1 Å². The second kappa shape index (κ2) is 6.00. The summed E-state index contributed by atoms with van der Waals surface area (Å²) in [6.45, 7) is 0. The van der Waals surface area contributed by atoms with Gasteiger partial charge in [-0.1, -0.05) is 0 Å². The van der Waals surface area contributed by atoms with E-state index in [1.807, 2.05) is 6.07 Å². The number of H-pyrrole nitrogens is 1. The van der Waals surface area contributed by atoms with Crippen molar-refractivity contribution in [2.24, 2.45) is 17.8 Å². The third-order valence-corrected chi connectivity index (χ3v) is 6.18. The summed E-state index contributed by atoms with van der Waals surface area (Å²) in [5.74, 6) is 2.32. The van der Waals surface area contributed by atoms with Crippen LogP contribution >= 0.6 is 0 Å². The molecule has 7 nitrogen and oxygen atoms in total. The summed E-state index contributed by atoms with van der Waals surface area (Å²) in [6, 6.07) is 5.55. The first-order chi connectivity index (χ1) is 12.7. The highest BCUT2D eigenvalue weighted by Crippen LogP contribution is 2.52. The Labute approximate surface area is 150 Å². The molecular weight excluding hydrogens is 332 g/mol. The van der Waals surface area contributed by atoms with Gasteiger partial charge in [-0.25, -0.2) is 0 Å². The molecule has 2 heterocycles. The maximum atomic E-state index is 12.3. The molecule has 4 aliphatic carbocycles. The van der Waals surface area contributed by atoms with Crippen LogP contribution in [0.1, 0.15) is 42.6 Å². The second-order valence-corrected chi connectivity index (χ2v) is 7.93. The van der Waals surface area contributed by atoms with Crippen molar-refractivity contribution in [3.8, 4) is 11.5 Å². The summed E-state index contributed by atoms with van der Waals surface area (Å²) in [4.78, 5) is 24.6. The van der Waals surface area contributed by atoms with E-state index in [2.05, 4.69) is 20.8 Å². The Morgan fingerprint density at radius 2 is 1.92 bits per heavy atom. The number of aromatic nitrogens is 2. The molecule has 4 saturated carbocycles. The number of furan rings is 1. The van der Waals surface area contributed by atoms with Crippen molar-refractivity contribution in [2.45, 2.75) is 44.2 Å². The lowest BCUT2D eigenvalue weighted by Crippen LogP contribution is -2.54. The van der Waals surface area contributed by atoms with Gasteiger partial charge in [0.15, 0.2) is 11.5 Å². The van der Waals surface area contributed by atoms with Crippen LogP contribution in [0.15, 0.2) is 28.9 Å². The van der Waals surface area contributed by atoms with Crippen molar-refractivity contribution in [3.05, 3.63) is 30.2 Å². The number of nitrogens with one attached hydrogen (secondary N) is 3. The Bertz CT molecular complexity index is 816. The Balaban J connectivity index is 1.09. The van der Waals surface area contributed by atoms with Gasteiger partial charge in [0.25, 0.3) is 5.91 Å². The van der Waals surface area contributed by atoms with Gasteiger partial charge in [-0.05, 0) is 56.1 Å². The number of carbonyl (C=O) groups is 2. The highest BCUT2D eigenvalue weighted by Gasteiger charge is 2.48. The van der Waals surface area contributed by atoms with Crippen molar-refractivity contribution >= 4 is 11.8 Å². The van der Waals surface area contributed by atoms with E-state index < -0.39 is 0 Å². The molecule has 1 unspecified atom stereocenters. The van der Waals surface area contributed by atoms with Crippen LogP contribution < -0.4 is 10.6 Å². The van der Waals surface area contributed by atoms with E-state index in [-0.39, 0.29) is 29.8 Å². The molecule has 3 N–H and O–H groups in total. The summed E-state index contributed by atoms with van der Waals surface area (Å²) in [5.41, 5.74) is 1.02. The maximum Gasteiger partial charge on any atom is 0.272 e. The predicted molar refractivity (Wildman–Crippen MR) is 93.0 cm³/mol. The molecule has 2 bridgehead atoms. The molecule has 0 spiro atoms. The van der Waals surface area contributed by atoms with E-state index >= 15 is 0 Å². The van der Waals surface area contributed by atoms with Gasteiger partial charge in [0.2, 0.25) is 5.91 Å². The average molecular weight is 354 g/mol. The van der Waals surface area contributed by atoms with Crippen LogP contribution in [0.4, 0.5) is 0 Å². The van der Waals surface area contributed by atoms with E-state index in [0.29, 0.717) is 23.1 Å². The summed E-state index contributed by atoms with van der Waals surface area (Å²) in [5, 5.41) is 13.0. The van der Waals surface area contributed by atoms with E-state index in [0.717, 1.165) is 25.2 Å². The zero-order chi connectivity index (χ0) is 17.7. The number of aromatic amines is 1. The first-order valence-electron chi connectivity index (χ1n) is 9.36. The largest absolute Gasteiger partial charge is 0.463 e. The molecule has 7 heteroatoms. The molecule has 2 aromatic heterocycles. The van der Waals surface area contributed by atoms with E-state index in [1.54, 1.807) is 18.4 Å². The lowest BCUT2D eigenvalue weighted by molar-refractivity contribution is -0.127. The van der Waals surface area contributed by atoms with Crippen LogP contribution in [0.2, 0.25) is 0 Å². The van der Waals surface area contributed by atoms with Crippen LogP contribution in [0.3, 0.4) is 0 Å². The van der Waals surface area contributed by atoms with Gasteiger partial charge in [-0.2, -0.15) is 5.10 Å². The van der Waals surface area contributed by atoms with Crippen molar-refractivity contribution in [2.75, 3.05) is 0 Å². The number of nitrogens with zero attached hydrogens (tertiary/aromatic N) is 1. The van der Waals surface area contributed by atoms with E-state index in [4.69, 9.17) is 4.42 Å². The van der Waals surface area contributed by atoms with Crippen molar-refractivity contribution < 1.29 is 14.0 Å². The highest BCUT2D eigenvalue weighted by molar-refractivity contribution is 5.93. The van der Waals surface area contributed by atoms with E-state index in [1.165, 1.54) is 12.8 Å². The lowest BCUT2D eigenvalue weighted by Gasteiger charge is -2.37. The first kappa shape index (κ1) is 15.7. The fraction of sp³-hybridized carbons (Fsp3) is 0.526. The summed E-state index contributed by atoms with van der Waals surface area (Å²) in [7, 11) is 0. The van der Waals surface area contributed by atoms with Crippen LogP contribution in [0.5, 0.6) is 0 Å². The monoisotopic (exact) mass is 354 g/mol. The molecule has 1 atom stereocenters. The van der Waals surface area contributed by atoms with Gasteiger partial charge in [-0.3, -0.25) is 14.7 Å². The standard InChI is InChI=1S/C19H22N4O3/c24-18(14-6-10-4-11(14)5-10)20-12-7-13(8-12)21-19(25)16-9-15(22-23-16)17-2-1-3-26-17/h1-3,9-14H,4-8H2,(H,20,24)(H,21,25)(H,22,23). The minimum Gasteiger partial charge on any atom is -0.463 e. The molecule has 136 valence electrons.